The number of hydrogen-bond donors (Lipinski definition) is 2. The number of methoxy groups -OCH3 is 1. The molecule has 1 amide bonds. The van der Waals surface area contributed by atoms with Crippen molar-refractivity contribution in [1.29, 1.82) is 0 Å². The van der Waals surface area contributed by atoms with Crippen LogP contribution in [0, 0.1) is 26.7 Å². The van der Waals surface area contributed by atoms with Gasteiger partial charge in [0.1, 0.15) is 23.9 Å². The normalized spacial score (nSPS) is 17.8. The Morgan fingerprint density at radius 1 is 0.851 bits per heavy atom. The van der Waals surface area contributed by atoms with Gasteiger partial charge in [-0.1, -0.05) is 58.0 Å². The van der Waals surface area contributed by atoms with Crippen molar-refractivity contribution >= 4 is 5.91 Å². The lowest BCUT2D eigenvalue weighted by atomic mass is 9.93. The molecule has 2 N–H and O–H groups in total. The summed E-state index contributed by atoms with van der Waals surface area (Å²) in [6.45, 7) is 19.2. The van der Waals surface area contributed by atoms with Crippen molar-refractivity contribution in [2.45, 2.75) is 93.3 Å². The molecule has 2 fully saturated rings. The van der Waals surface area contributed by atoms with Crippen LogP contribution in [-0.4, -0.2) is 57.2 Å². The first-order valence-corrected chi connectivity index (χ1v) is 17.6. The average molecular weight is 646 g/mol. The first kappa shape index (κ1) is 37.9. The quantitative estimate of drug-likeness (QED) is 0.220. The molecule has 2 unspecified atom stereocenters. The number of likely N-dealkylation sites (tertiary alicyclic amines) is 1. The number of rotatable bonds is 11. The van der Waals surface area contributed by atoms with Gasteiger partial charge < -0.3 is 29.7 Å². The van der Waals surface area contributed by atoms with Crippen LogP contribution in [0.25, 0.3) is 11.1 Å². The summed E-state index contributed by atoms with van der Waals surface area (Å²) in [5.41, 5.74) is 7.95. The highest BCUT2D eigenvalue weighted by Crippen LogP contribution is 2.35. The number of carbonyl (C=O) groups excluding carboxylic acids is 1. The van der Waals surface area contributed by atoms with Crippen LogP contribution in [0.1, 0.15) is 81.2 Å². The number of carbonyl (C=O) groups is 1. The third kappa shape index (κ3) is 10.2. The molecule has 5 rings (SSSR count). The Hall–Kier alpha value is -3.55. The molecule has 0 bridgehead atoms. The van der Waals surface area contributed by atoms with Crippen molar-refractivity contribution < 1.29 is 19.0 Å². The molecule has 3 aromatic carbocycles. The van der Waals surface area contributed by atoms with Crippen LogP contribution in [0.2, 0.25) is 0 Å². The van der Waals surface area contributed by atoms with Gasteiger partial charge in [-0.05, 0) is 106 Å². The first-order chi connectivity index (χ1) is 22.8. The Balaban J connectivity index is 0.00000144. The van der Waals surface area contributed by atoms with Crippen molar-refractivity contribution in [3.05, 3.63) is 76.3 Å². The number of benzene rings is 3. The molecule has 0 radical (unpaired) electrons. The molecule has 0 aromatic heterocycles. The highest BCUT2D eigenvalue weighted by molar-refractivity contribution is 5.82. The molecule has 2 saturated heterocycles. The maximum absolute atomic E-state index is 12.2. The number of aryl methyl sites for hydroxylation is 1. The second-order valence-electron chi connectivity index (χ2n) is 12.2. The molecule has 47 heavy (non-hydrogen) atoms. The van der Waals surface area contributed by atoms with E-state index in [1.165, 1.54) is 41.6 Å². The Bertz CT molecular complexity index is 1420. The summed E-state index contributed by atoms with van der Waals surface area (Å²) in [6, 6.07) is 16.7. The smallest absolute Gasteiger partial charge is 0.237 e. The van der Waals surface area contributed by atoms with Gasteiger partial charge in [0.2, 0.25) is 5.91 Å². The molecule has 2 aliphatic heterocycles. The Morgan fingerprint density at radius 3 is 2.28 bits per heavy atom. The minimum absolute atomic E-state index is 0.0708. The van der Waals surface area contributed by atoms with Crippen LogP contribution in [0.3, 0.4) is 0 Å². The topological polar surface area (TPSA) is 72.1 Å². The summed E-state index contributed by atoms with van der Waals surface area (Å²) in [5, 5.41) is 6.32. The zero-order valence-electron chi connectivity index (χ0n) is 30.4. The molecule has 7 nitrogen and oxygen atoms in total. The fourth-order valence-corrected chi connectivity index (χ4v) is 6.38. The van der Waals surface area contributed by atoms with Crippen LogP contribution in [-0.2, 0) is 17.9 Å². The predicted molar refractivity (Wildman–Crippen MR) is 195 cm³/mol. The van der Waals surface area contributed by atoms with E-state index in [4.69, 9.17) is 14.2 Å². The summed E-state index contributed by atoms with van der Waals surface area (Å²) in [7, 11) is 3.87. The van der Waals surface area contributed by atoms with Crippen molar-refractivity contribution in [1.82, 2.24) is 15.5 Å². The Kier molecular flexibility index (Phi) is 15.6. The van der Waals surface area contributed by atoms with Crippen molar-refractivity contribution in [2.24, 2.45) is 5.92 Å². The lowest BCUT2D eigenvalue weighted by molar-refractivity contribution is -0.124. The number of nitrogens with one attached hydrogen (secondary N) is 2. The summed E-state index contributed by atoms with van der Waals surface area (Å²) < 4.78 is 18.5. The Labute approximate surface area is 284 Å². The maximum Gasteiger partial charge on any atom is 0.237 e. The number of nitrogens with zero attached hydrogens (tertiary/aromatic N) is 1. The van der Waals surface area contributed by atoms with Gasteiger partial charge in [-0.15, -0.1) is 0 Å². The molecular weight excluding hydrogens is 586 g/mol. The fraction of sp³-hybridized carbons (Fsp3) is 0.525. The molecule has 0 aliphatic carbocycles. The second kappa shape index (κ2) is 19.3. The van der Waals surface area contributed by atoms with Gasteiger partial charge in [0.05, 0.1) is 19.8 Å². The molecular formula is C40H59N3O4. The lowest BCUT2D eigenvalue weighted by Gasteiger charge is -2.29. The summed E-state index contributed by atoms with van der Waals surface area (Å²) in [4.78, 5) is 14.6. The molecule has 258 valence electrons. The predicted octanol–water partition coefficient (Wildman–Crippen LogP) is 8.01. The van der Waals surface area contributed by atoms with Crippen LogP contribution in [0.15, 0.2) is 48.5 Å². The monoisotopic (exact) mass is 645 g/mol. The van der Waals surface area contributed by atoms with E-state index in [-0.39, 0.29) is 11.9 Å². The van der Waals surface area contributed by atoms with Gasteiger partial charge >= 0.3 is 0 Å². The zero-order valence-corrected chi connectivity index (χ0v) is 30.4. The van der Waals surface area contributed by atoms with E-state index in [1.54, 1.807) is 7.11 Å². The largest absolute Gasteiger partial charge is 0.496 e. The van der Waals surface area contributed by atoms with Crippen molar-refractivity contribution in [3.8, 4) is 28.4 Å². The summed E-state index contributed by atoms with van der Waals surface area (Å²) in [5.74, 6) is 3.16. The number of piperidine rings is 2. The van der Waals surface area contributed by atoms with Gasteiger partial charge in [0.15, 0.2) is 0 Å². The highest BCUT2D eigenvalue weighted by atomic mass is 16.5. The lowest BCUT2D eigenvalue weighted by Crippen LogP contribution is -2.47. The van der Waals surface area contributed by atoms with E-state index < -0.39 is 0 Å². The van der Waals surface area contributed by atoms with E-state index in [0.29, 0.717) is 19.1 Å². The number of ether oxygens (including phenoxy) is 3. The van der Waals surface area contributed by atoms with Crippen LogP contribution >= 0.6 is 0 Å². The van der Waals surface area contributed by atoms with Gasteiger partial charge in [0.25, 0.3) is 0 Å². The van der Waals surface area contributed by atoms with Gasteiger partial charge in [0, 0.05) is 37.2 Å². The Morgan fingerprint density at radius 2 is 1.57 bits per heavy atom. The molecule has 2 atom stereocenters. The molecule has 7 heteroatoms. The van der Waals surface area contributed by atoms with E-state index in [9.17, 15) is 4.79 Å². The van der Waals surface area contributed by atoms with Crippen LogP contribution in [0.5, 0.6) is 17.2 Å². The van der Waals surface area contributed by atoms with E-state index in [1.807, 2.05) is 33.8 Å². The zero-order chi connectivity index (χ0) is 34.3. The highest BCUT2D eigenvalue weighted by Gasteiger charge is 2.22. The average Bonchev–Trinajstić information content (AvgIpc) is 3.09. The van der Waals surface area contributed by atoms with Gasteiger partial charge in [-0.2, -0.15) is 0 Å². The molecule has 0 spiro atoms. The van der Waals surface area contributed by atoms with Crippen molar-refractivity contribution in [3.63, 3.8) is 0 Å². The number of hydrogen-bond acceptors (Lipinski definition) is 6. The SMILES string of the molecule is CC.CC.COc1cc(OCc2cccc(-c3cccc(OCC4CCCN(C)C4)c3C)c2C)c(C)cc1CNC1CCCNC1=O. The summed E-state index contributed by atoms with van der Waals surface area (Å²) in [6.07, 6.45) is 4.31. The molecule has 0 saturated carbocycles. The van der Waals surface area contributed by atoms with Crippen molar-refractivity contribution in [2.75, 3.05) is 40.4 Å². The van der Waals surface area contributed by atoms with Gasteiger partial charge in [-0.25, -0.2) is 0 Å². The van der Waals surface area contributed by atoms with E-state index >= 15 is 0 Å². The van der Waals surface area contributed by atoms with Crippen LogP contribution in [0.4, 0.5) is 0 Å². The second-order valence-corrected chi connectivity index (χ2v) is 12.2. The minimum atomic E-state index is -0.167. The summed E-state index contributed by atoms with van der Waals surface area (Å²) >= 11 is 0. The number of amides is 1. The molecule has 3 aromatic rings. The van der Waals surface area contributed by atoms with E-state index in [0.717, 1.165) is 66.5 Å². The van der Waals surface area contributed by atoms with Crippen LogP contribution < -0.4 is 24.8 Å². The van der Waals surface area contributed by atoms with Gasteiger partial charge in [-0.3, -0.25) is 4.79 Å². The maximum atomic E-state index is 12.2. The fourth-order valence-electron chi connectivity index (χ4n) is 6.38. The minimum Gasteiger partial charge on any atom is -0.496 e. The molecule has 2 heterocycles. The standard InChI is InChI=1S/C36H47N3O4.2C2H6/c1-24-18-29(20-38-32-14-8-16-37-36(32)40)35(41-5)19-34(24)43-23-28-11-6-12-30(25(28)2)31-13-7-15-33(26(31)3)42-22-27-10-9-17-39(4)21-27;2*1-2/h6-7,11-13,15,18-19,27,32,38H,8-10,14,16-17,20-23H2,1-5H3,(H,37,40);2*1-2H3. The third-order valence-electron chi connectivity index (χ3n) is 9.00. The van der Waals surface area contributed by atoms with E-state index in [2.05, 4.69) is 85.8 Å². The first-order valence-electron chi connectivity index (χ1n) is 17.6. The molecule has 2 aliphatic rings. The third-order valence-corrected chi connectivity index (χ3v) is 9.00.